The van der Waals surface area contributed by atoms with Gasteiger partial charge < -0.3 is 0 Å². The number of halogens is 1. The van der Waals surface area contributed by atoms with Crippen molar-refractivity contribution in [2.45, 2.75) is 27.7 Å². The maximum absolute atomic E-state index is 13.5. The zero-order chi connectivity index (χ0) is 10.2. The first kappa shape index (κ1) is 9.90. The molecule has 0 unspecified atom stereocenters. The molecule has 1 rings (SSSR count). The summed E-state index contributed by atoms with van der Waals surface area (Å²) < 4.78 is 13.5. The fourth-order valence-corrected chi connectivity index (χ4v) is 1.44. The van der Waals surface area contributed by atoms with Gasteiger partial charge in [0.05, 0.1) is 5.56 Å². The van der Waals surface area contributed by atoms with Crippen molar-refractivity contribution in [1.82, 2.24) is 0 Å². The van der Waals surface area contributed by atoms with Gasteiger partial charge in [0.15, 0.2) is 6.29 Å². The minimum atomic E-state index is -0.379. The molecule has 1 aromatic rings. The minimum Gasteiger partial charge on any atom is -0.298 e. The normalized spacial score (nSPS) is 10.2. The minimum absolute atomic E-state index is 0.195. The summed E-state index contributed by atoms with van der Waals surface area (Å²) in [5.41, 5.74) is 3.45. The number of carbonyl (C=O) groups is 1. The van der Waals surface area contributed by atoms with Crippen LogP contribution in [-0.2, 0) is 0 Å². The number of hydrogen-bond acceptors (Lipinski definition) is 1. The Morgan fingerprint density at radius 1 is 0.923 bits per heavy atom. The van der Waals surface area contributed by atoms with Crippen LogP contribution >= 0.6 is 0 Å². The van der Waals surface area contributed by atoms with E-state index in [0.29, 0.717) is 11.8 Å². The Hall–Kier alpha value is -1.18. The second-order valence-electron chi connectivity index (χ2n) is 3.35. The molecule has 0 aromatic heterocycles. The third-order valence-electron chi connectivity index (χ3n) is 2.78. The van der Waals surface area contributed by atoms with Gasteiger partial charge in [0.1, 0.15) is 5.82 Å². The smallest absolute Gasteiger partial charge is 0.153 e. The van der Waals surface area contributed by atoms with E-state index in [4.69, 9.17) is 0 Å². The monoisotopic (exact) mass is 180 g/mol. The summed E-state index contributed by atoms with van der Waals surface area (Å²) in [4.78, 5) is 10.6. The molecule has 0 atom stereocenters. The van der Waals surface area contributed by atoms with Gasteiger partial charge in [-0.15, -0.1) is 0 Å². The van der Waals surface area contributed by atoms with Gasteiger partial charge in [0.2, 0.25) is 0 Å². The molecule has 1 nitrogen and oxygen atoms in total. The van der Waals surface area contributed by atoms with Crippen LogP contribution in [0.25, 0.3) is 0 Å². The number of aldehydes is 1. The Morgan fingerprint density at radius 3 is 1.85 bits per heavy atom. The largest absolute Gasteiger partial charge is 0.298 e. The molecule has 0 bridgehead atoms. The Morgan fingerprint density at radius 2 is 1.38 bits per heavy atom. The average molecular weight is 180 g/mol. The zero-order valence-electron chi connectivity index (χ0n) is 8.36. The summed E-state index contributed by atoms with van der Waals surface area (Å²) >= 11 is 0. The van der Waals surface area contributed by atoms with Crippen LogP contribution in [0.3, 0.4) is 0 Å². The number of rotatable bonds is 1. The lowest BCUT2D eigenvalue weighted by atomic mass is 9.94. The highest BCUT2D eigenvalue weighted by Crippen LogP contribution is 2.23. The third kappa shape index (κ3) is 1.37. The van der Waals surface area contributed by atoms with Crippen LogP contribution in [0.4, 0.5) is 4.39 Å². The SMILES string of the molecule is Cc1c(C)c(C)c(C=O)c(F)c1C. The van der Waals surface area contributed by atoms with E-state index in [2.05, 4.69) is 0 Å². The second-order valence-corrected chi connectivity index (χ2v) is 3.35. The van der Waals surface area contributed by atoms with Crippen LogP contribution in [0.1, 0.15) is 32.6 Å². The molecule has 0 aliphatic heterocycles. The summed E-state index contributed by atoms with van der Waals surface area (Å²) in [5, 5.41) is 0. The molecule has 1 aromatic carbocycles. The average Bonchev–Trinajstić information content (AvgIpc) is 2.13. The second kappa shape index (κ2) is 3.29. The molecule has 0 aliphatic rings. The van der Waals surface area contributed by atoms with E-state index in [0.717, 1.165) is 16.7 Å². The van der Waals surface area contributed by atoms with E-state index in [9.17, 15) is 9.18 Å². The fraction of sp³-hybridized carbons (Fsp3) is 0.364. The number of carbonyl (C=O) groups excluding carboxylic acids is 1. The van der Waals surface area contributed by atoms with Gasteiger partial charge in [-0.05, 0) is 49.9 Å². The Labute approximate surface area is 77.6 Å². The molecule has 0 heterocycles. The van der Waals surface area contributed by atoms with E-state index in [1.54, 1.807) is 13.8 Å². The van der Waals surface area contributed by atoms with Crippen molar-refractivity contribution in [3.05, 3.63) is 33.6 Å². The molecule has 0 fully saturated rings. The maximum atomic E-state index is 13.5. The van der Waals surface area contributed by atoms with Crippen molar-refractivity contribution in [2.24, 2.45) is 0 Å². The molecule has 2 heteroatoms. The molecular formula is C11H13FO. The van der Waals surface area contributed by atoms with E-state index in [1.807, 2.05) is 13.8 Å². The van der Waals surface area contributed by atoms with Gasteiger partial charge in [0, 0.05) is 0 Å². The maximum Gasteiger partial charge on any atom is 0.153 e. The molecule has 0 amide bonds. The standard InChI is InChI=1S/C11H13FO/c1-6-7(2)9(4)11(12)10(5-13)8(6)3/h5H,1-4H3. The fourth-order valence-electron chi connectivity index (χ4n) is 1.44. The van der Waals surface area contributed by atoms with Gasteiger partial charge >= 0.3 is 0 Å². The lowest BCUT2D eigenvalue weighted by molar-refractivity contribution is 0.111. The first-order valence-electron chi connectivity index (χ1n) is 4.21. The Bertz CT molecular complexity index is 338. The molecular weight excluding hydrogens is 167 g/mol. The summed E-state index contributed by atoms with van der Waals surface area (Å²) in [7, 11) is 0. The van der Waals surface area contributed by atoms with Crippen LogP contribution in [0.2, 0.25) is 0 Å². The zero-order valence-corrected chi connectivity index (χ0v) is 8.36. The highest BCUT2D eigenvalue weighted by atomic mass is 19.1. The summed E-state index contributed by atoms with van der Waals surface area (Å²) in [5.74, 6) is -0.379. The van der Waals surface area contributed by atoms with Crippen LogP contribution in [0.5, 0.6) is 0 Å². The highest BCUT2D eigenvalue weighted by Gasteiger charge is 2.13. The molecule has 0 saturated carbocycles. The first-order valence-corrected chi connectivity index (χ1v) is 4.21. The number of benzene rings is 1. The quantitative estimate of drug-likeness (QED) is 0.607. The molecule has 0 saturated heterocycles. The van der Waals surface area contributed by atoms with Crippen LogP contribution in [0.15, 0.2) is 0 Å². The summed E-state index contributed by atoms with van der Waals surface area (Å²) in [6.45, 7) is 7.25. The van der Waals surface area contributed by atoms with E-state index >= 15 is 0 Å². The number of hydrogen-bond donors (Lipinski definition) is 0. The van der Waals surface area contributed by atoms with Crippen molar-refractivity contribution >= 4 is 6.29 Å². The predicted molar refractivity (Wildman–Crippen MR) is 50.7 cm³/mol. The van der Waals surface area contributed by atoms with Crippen molar-refractivity contribution in [2.75, 3.05) is 0 Å². The Kier molecular flexibility index (Phi) is 2.50. The molecule has 0 aliphatic carbocycles. The first-order chi connectivity index (χ1) is 6.00. The van der Waals surface area contributed by atoms with Gasteiger partial charge in [0.25, 0.3) is 0 Å². The van der Waals surface area contributed by atoms with E-state index in [-0.39, 0.29) is 11.4 Å². The van der Waals surface area contributed by atoms with Crippen LogP contribution in [0, 0.1) is 33.5 Å². The van der Waals surface area contributed by atoms with Crippen LogP contribution < -0.4 is 0 Å². The molecule has 0 radical (unpaired) electrons. The lowest BCUT2D eigenvalue weighted by Crippen LogP contribution is -2.02. The molecule has 70 valence electrons. The van der Waals surface area contributed by atoms with Gasteiger partial charge in [-0.25, -0.2) is 4.39 Å². The Balaban J connectivity index is 3.66. The van der Waals surface area contributed by atoms with Gasteiger partial charge in [-0.1, -0.05) is 0 Å². The molecule has 0 spiro atoms. The highest BCUT2D eigenvalue weighted by molar-refractivity contribution is 5.79. The predicted octanol–water partition coefficient (Wildman–Crippen LogP) is 2.87. The van der Waals surface area contributed by atoms with Crippen LogP contribution in [-0.4, -0.2) is 6.29 Å². The van der Waals surface area contributed by atoms with E-state index < -0.39 is 0 Å². The van der Waals surface area contributed by atoms with Gasteiger partial charge in [-0.2, -0.15) is 0 Å². The summed E-state index contributed by atoms with van der Waals surface area (Å²) in [6, 6.07) is 0. The lowest BCUT2D eigenvalue weighted by Gasteiger charge is -2.12. The van der Waals surface area contributed by atoms with E-state index in [1.165, 1.54) is 0 Å². The van der Waals surface area contributed by atoms with Crippen molar-refractivity contribution < 1.29 is 9.18 Å². The third-order valence-corrected chi connectivity index (χ3v) is 2.78. The molecule has 13 heavy (non-hydrogen) atoms. The van der Waals surface area contributed by atoms with Crippen molar-refractivity contribution in [3.63, 3.8) is 0 Å². The molecule has 0 N–H and O–H groups in total. The summed E-state index contributed by atoms with van der Waals surface area (Å²) in [6.07, 6.45) is 0.587. The topological polar surface area (TPSA) is 17.1 Å². The van der Waals surface area contributed by atoms with Gasteiger partial charge in [-0.3, -0.25) is 4.79 Å². The van der Waals surface area contributed by atoms with Crippen molar-refractivity contribution in [1.29, 1.82) is 0 Å². The van der Waals surface area contributed by atoms with Crippen molar-refractivity contribution in [3.8, 4) is 0 Å².